The highest BCUT2D eigenvalue weighted by Gasteiger charge is 2.29. The minimum atomic E-state index is -0.0343. The molecular weight excluding hydrogens is 416 g/mol. The highest BCUT2D eigenvalue weighted by molar-refractivity contribution is 6.13. The van der Waals surface area contributed by atoms with Gasteiger partial charge in [0.25, 0.3) is 5.91 Å². The summed E-state index contributed by atoms with van der Waals surface area (Å²) in [5.74, 6) is 0.776. The fourth-order valence-electron chi connectivity index (χ4n) is 5.19. The van der Waals surface area contributed by atoms with Gasteiger partial charge in [-0.05, 0) is 50.7 Å². The molecule has 1 saturated heterocycles. The van der Waals surface area contributed by atoms with Gasteiger partial charge in [0.05, 0.1) is 28.8 Å². The lowest BCUT2D eigenvalue weighted by Crippen LogP contribution is -2.46. The van der Waals surface area contributed by atoms with Crippen LogP contribution in [0.5, 0.6) is 0 Å². The van der Waals surface area contributed by atoms with E-state index in [-0.39, 0.29) is 18.0 Å². The number of likely N-dealkylation sites (tertiary alicyclic amines) is 1. The number of carbonyl (C=O) groups excluding carboxylic acids is 2. The fourth-order valence-corrected chi connectivity index (χ4v) is 5.19. The van der Waals surface area contributed by atoms with E-state index in [1.807, 2.05) is 42.3 Å². The Labute approximate surface area is 195 Å². The predicted octanol–water partition coefficient (Wildman–Crippen LogP) is 3.97. The van der Waals surface area contributed by atoms with E-state index >= 15 is 0 Å². The monoisotopic (exact) mass is 448 g/mol. The maximum atomic E-state index is 13.0. The molecule has 0 atom stereocenters. The van der Waals surface area contributed by atoms with Crippen LogP contribution in [0.3, 0.4) is 0 Å². The minimum absolute atomic E-state index is 0.0343. The molecule has 5 rings (SSSR count). The summed E-state index contributed by atoms with van der Waals surface area (Å²) in [7, 11) is 3.78. The number of urea groups is 1. The molecule has 1 saturated carbocycles. The third-order valence-electron chi connectivity index (χ3n) is 7.19. The van der Waals surface area contributed by atoms with Crippen LogP contribution in [0.4, 0.5) is 27.7 Å². The Balaban J connectivity index is 1.25. The van der Waals surface area contributed by atoms with Gasteiger partial charge < -0.3 is 25.3 Å². The van der Waals surface area contributed by atoms with Crippen molar-refractivity contribution in [3.8, 4) is 0 Å². The number of rotatable bonds is 3. The van der Waals surface area contributed by atoms with E-state index in [9.17, 15) is 9.59 Å². The summed E-state index contributed by atoms with van der Waals surface area (Å²) in [6.45, 7) is 1.76. The molecule has 8 heteroatoms. The Morgan fingerprint density at radius 3 is 2.39 bits per heavy atom. The highest BCUT2D eigenvalue weighted by atomic mass is 16.2. The molecule has 1 aromatic carbocycles. The first-order valence-electron chi connectivity index (χ1n) is 11.9. The summed E-state index contributed by atoms with van der Waals surface area (Å²) < 4.78 is 0. The molecular formula is C25H32N6O2. The second-order valence-corrected chi connectivity index (χ2v) is 9.34. The summed E-state index contributed by atoms with van der Waals surface area (Å²) in [5, 5.41) is 6.80. The standard InChI is InChI=1S/C25H32N6O2/c1-29-20-8-4-3-7-19(20)24(32)30(2)22-16-26-23(15-21(22)29)27-17-9-11-18(12-10-17)28-25(33)31-13-5-6-14-31/h3-4,7-8,15-18H,5-6,9-14H2,1-2H3,(H,26,27)(H,28,33)/t17-,18+. The maximum Gasteiger partial charge on any atom is 0.317 e. The third kappa shape index (κ3) is 4.21. The third-order valence-corrected chi connectivity index (χ3v) is 7.19. The Morgan fingerprint density at radius 1 is 0.939 bits per heavy atom. The SMILES string of the molecule is CN1C(=O)c2ccccc2N(C)c2cc(N[C@H]3CC[C@@H](NC(=O)N4CCCC4)CC3)ncc21. The van der Waals surface area contributed by atoms with Crippen LogP contribution >= 0.6 is 0 Å². The number of hydrogen-bond donors (Lipinski definition) is 2. The van der Waals surface area contributed by atoms with E-state index in [1.54, 1.807) is 18.1 Å². The number of nitrogens with one attached hydrogen (secondary N) is 2. The van der Waals surface area contributed by atoms with Crippen LogP contribution in [0.1, 0.15) is 48.9 Å². The van der Waals surface area contributed by atoms with Crippen molar-refractivity contribution >= 4 is 34.8 Å². The number of carbonyl (C=O) groups is 2. The minimum Gasteiger partial charge on any atom is -0.367 e. The van der Waals surface area contributed by atoms with Crippen molar-refractivity contribution in [3.05, 3.63) is 42.1 Å². The lowest BCUT2D eigenvalue weighted by molar-refractivity contribution is 0.0994. The first kappa shape index (κ1) is 21.6. The number of fused-ring (bicyclic) bond motifs is 2. The van der Waals surface area contributed by atoms with Gasteiger partial charge >= 0.3 is 6.03 Å². The average Bonchev–Trinajstić information content (AvgIpc) is 3.37. The molecule has 0 unspecified atom stereocenters. The van der Waals surface area contributed by atoms with Crippen molar-refractivity contribution in [1.82, 2.24) is 15.2 Å². The number of anilines is 4. The summed E-state index contributed by atoms with van der Waals surface area (Å²) in [4.78, 5) is 35.6. The van der Waals surface area contributed by atoms with E-state index in [1.165, 1.54) is 0 Å². The fraction of sp³-hybridized carbons (Fsp3) is 0.480. The van der Waals surface area contributed by atoms with Crippen LogP contribution in [-0.4, -0.2) is 61.1 Å². The van der Waals surface area contributed by atoms with E-state index in [4.69, 9.17) is 0 Å². The van der Waals surface area contributed by atoms with Gasteiger partial charge in [0.15, 0.2) is 0 Å². The number of nitrogens with zero attached hydrogens (tertiary/aromatic N) is 4. The topological polar surface area (TPSA) is 80.8 Å². The normalized spacial score (nSPS) is 22.5. The van der Waals surface area contributed by atoms with Crippen LogP contribution in [0, 0.1) is 0 Å². The number of benzene rings is 1. The summed E-state index contributed by atoms with van der Waals surface area (Å²) >= 11 is 0. The molecule has 0 spiro atoms. The number of para-hydroxylation sites is 1. The van der Waals surface area contributed by atoms with E-state index in [2.05, 4.69) is 20.5 Å². The van der Waals surface area contributed by atoms with Crippen LogP contribution < -0.4 is 20.4 Å². The van der Waals surface area contributed by atoms with Gasteiger partial charge in [0.2, 0.25) is 0 Å². The Kier molecular flexibility index (Phi) is 5.83. The lowest BCUT2D eigenvalue weighted by atomic mass is 9.91. The maximum absolute atomic E-state index is 13.0. The highest BCUT2D eigenvalue weighted by Crippen LogP contribution is 2.40. The van der Waals surface area contributed by atoms with Gasteiger partial charge in [0, 0.05) is 45.3 Å². The largest absolute Gasteiger partial charge is 0.367 e. The summed E-state index contributed by atoms with van der Waals surface area (Å²) in [5.41, 5.74) is 3.31. The zero-order valence-corrected chi connectivity index (χ0v) is 19.4. The van der Waals surface area contributed by atoms with Crippen molar-refractivity contribution in [2.75, 3.05) is 42.3 Å². The number of pyridine rings is 1. The van der Waals surface area contributed by atoms with Crippen molar-refractivity contribution in [2.45, 2.75) is 50.6 Å². The van der Waals surface area contributed by atoms with Gasteiger partial charge in [-0.15, -0.1) is 0 Å². The van der Waals surface area contributed by atoms with Gasteiger partial charge in [-0.2, -0.15) is 0 Å². The summed E-state index contributed by atoms with van der Waals surface area (Å²) in [6.07, 6.45) is 7.91. The number of hydrogen-bond acceptors (Lipinski definition) is 5. The molecule has 8 nitrogen and oxygen atoms in total. The molecule has 2 fully saturated rings. The van der Waals surface area contributed by atoms with Crippen molar-refractivity contribution in [3.63, 3.8) is 0 Å². The molecule has 3 aliphatic rings. The second kappa shape index (κ2) is 8.92. The molecule has 2 aromatic rings. The second-order valence-electron chi connectivity index (χ2n) is 9.34. The Hall–Kier alpha value is -3.29. The molecule has 33 heavy (non-hydrogen) atoms. The quantitative estimate of drug-likeness (QED) is 0.743. The molecule has 1 aliphatic carbocycles. The molecule has 3 amide bonds. The van der Waals surface area contributed by atoms with Gasteiger partial charge in [0.1, 0.15) is 5.82 Å². The first-order valence-corrected chi connectivity index (χ1v) is 11.9. The summed E-state index contributed by atoms with van der Waals surface area (Å²) in [6, 6.07) is 10.4. The zero-order valence-electron chi connectivity index (χ0n) is 19.4. The Morgan fingerprint density at radius 2 is 1.64 bits per heavy atom. The predicted molar refractivity (Wildman–Crippen MR) is 130 cm³/mol. The van der Waals surface area contributed by atoms with Crippen molar-refractivity contribution in [2.24, 2.45) is 0 Å². The zero-order chi connectivity index (χ0) is 22.9. The molecule has 0 radical (unpaired) electrons. The molecule has 1 aromatic heterocycles. The molecule has 3 heterocycles. The van der Waals surface area contributed by atoms with Crippen LogP contribution in [0.25, 0.3) is 0 Å². The average molecular weight is 449 g/mol. The lowest BCUT2D eigenvalue weighted by Gasteiger charge is -2.31. The molecule has 174 valence electrons. The van der Waals surface area contributed by atoms with Crippen molar-refractivity contribution < 1.29 is 9.59 Å². The molecule has 2 aliphatic heterocycles. The van der Waals surface area contributed by atoms with Crippen LogP contribution in [-0.2, 0) is 0 Å². The Bertz CT molecular complexity index is 1040. The van der Waals surface area contributed by atoms with E-state index in [0.717, 1.165) is 74.5 Å². The molecule has 0 bridgehead atoms. The first-order chi connectivity index (χ1) is 16.0. The van der Waals surface area contributed by atoms with Gasteiger partial charge in [-0.25, -0.2) is 9.78 Å². The van der Waals surface area contributed by atoms with Crippen molar-refractivity contribution in [1.29, 1.82) is 0 Å². The number of aromatic nitrogens is 1. The smallest absolute Gasteiger partial charge is 0.317 e. The molecule has 2 N–H and O–H groups in total. The van der Waals surface area contributed by atoms with E-state index in [0.29, 0.717) is 11.6 Å². The number of amides is 3. The van der Waals surface area contributed by atoms with Crippen LogP contribution in [0.2, 0.25) is 0 Å². The van der Waals surface area contributed by atoms with Crippen LogP contribution in [0.15, 0.2) is 36.5 Å². The van der Waals surface area contributed by atoms with Gasteiger partial charge in [-0.1, -0.05) is 12.1 Å². The van der Waals surface area contributed by atoms with E-state index < -0.39 is 0 Å². The van der Waals surface area contributed by atoms with Gasteiger partial charge in [-0.3, -0.25) is 4.79 Å².